The largest absolute Gasteiger partial charge is 0.292 e. The molecule has 19 aromatic rings. The third-order valence-electron chi connectivity index (χ3n) is 19.1. The maximum absolute atomic E-state index is 5.15. The van der Waals surface area contributed by atoms with Crippen molar-refractivity contribution < 1.29 is 0 Å². The zero-order valence-electron chi connectivity index (χ0n) is 56.4. The van der Waals surface area contributed by atoms with Gasteiger partial charge in [0, 0.05) is 55.9 Å². The second-order valence-electron chi connectivity index (χ2n) is 25.6. The monoisotopic (exact) mass is 1330 g/mol. The molecule has 104 heavy (non-hydrogen) atoms. The first-order valence-corrected chi connectivity index (χ1v) is 34.9. The molecule has 4 heterocycles. The van der Waals surface area contributed by atoms with E-state index in [4.69, 9.17) is 34.9 Å². The van der Waals surface area contributed by atoms with Crippen molar-refractivity contribution in [1.82, 2.24) is 44.0 Å². The number of rotatable bonds is 13. The number of fused-ring (bicyclic) bond motifs is 4. The zero-order valence-corrected chi connectivity index (χ0v) is 56.4. The van der Waals surface area contributed by atoms with Gasteiger partial charge >= 0.3 is 0 Å². The average Bonchev–Trinajstić information content (AvgIpc) is 1.04. The first-order valence-electron chi connectivity index (χ1n) is 34.9. The van der Waals surface area contributed by atoms with Crippen molar-refractivity contribution in [3.05, 3.63) is 382 Å². The second-order valence-corrected chi connectivity index (χ2v) is 25.6. The molecule has 0 atom stereocenters. The third-order valence-corrected chi connectivity index (χ3v) is 19.1. The topological polar surface area (TPSA) is 100 Å². The van der Waals surface area contributed by atoms with E-state index in [-0.39, 0.29) is 0 Å². The Hall–Kier alpha value is -14.2. The highest BCUT2D eigenvalue weighted by Gasteiger charge is 2.21. The Kier molecular flexibility index (Phi) is 16.4. The number of imidazole rings is 2. The summed E-state index contributed by atoms with van der Waals surface area (Å²) in [5.74, 6) is 4.44. The molecule has 9 nitrogen and oxygen atoms in total. The lowest BCUT2D eigenvalue weighted by Gasteiger charge is -2.14. The van der Waals surface area contributed by atoms with E-state index in [9.17, 15) is 0 Å². The minimum absolute atomic E-state index is 0.631. The van der Waals surface area contributed by atoms with Crippen molar-refractivity contribution in [1.29, 1.82) is 0 Å². The van der Waals surface area contributed by atoms with Crippen LogP contribution in [0.15, 0.2) is 382 Å². The minimum Gasteiger partial charge on any atom is -0.292 e. The third kappa shape index (κ3) is 12.1. The summed E-state index contributed by atoms with van der Waals surface area (Å²) in [6.45, 7) is 0. The van der Waals surface area contributed by atoms with Gasteiger partial charge in [-0.1, -0.05) is 309 Å². The molecule has 15 aromatic carbocycles. The SMILES string of the molecule is c1ccc(-c2cc(-c3ccccc3)nc(-c3ccc(-c4ccc(-c5nc6ccccc6n5-c5ccccc5)cc4)c4ccccc34)n2)cc1.c1ccc(-c2cccc(-c3nc(-c4ccccc4)nc(-c4ccc(-c5ccc(-c6nc7ccccc7n6-c6ccccc6)cc5)c5ccccc45)n3)c2)cc1. The van der Waals surface area contributed by atoms with E-state index in [0.29, 0.717) is 23.3 Å². The van der Waals surface area contributed by atoms with Crippen molar-refractivity contribution >= 4 is 43.6 Å². The molecule has 0 bridgehead atoms. The molecular weight excluding hydrogens is 1270 g/mol. The quantitative estimate of drug-likeness (QED) is 0.113. The lowest BCUT2D eigenvalue weighted by atomic mass is 9.94. The number of hydrogen-bond acceptors (Lipinski definition) is 7. The van der Waals surface area contributed by atoms with Gasteiger partial charge in [-0.2, -0.15) is 0 Å². The van der Waals surface area contributed by atoms with Gasteiger partial charge < -0.3 is 0 Å². The lowest BCUT2D eigenvalue weighted by molar-refractivity contribution is 1.08. The van der Waals surface area contributed by atoms with Gasteiger partial charge in [-0.3, -0.25) is 9.13 Å². The van der Waals surface area contributed by atoms with Crippen LogP contribution < -0.4 is 0 Å². The van der Waals surface area contributed by atoms with Gasteiger partial charge in [0.1, 0.15) is 11.6 Å². The molecule has 0 aliphatic heterocycles. The Morgan fingerprint density at radius 1 is 0.173 bits per heavy atom. The molecule has 0 aliphatic rings. The van der Waals surface area contributed by atoms with Crippen molar-refractivity contribution in [2.75, 3.05) is 0 Å². The van der Waals surface area contributed by atoms with Gasteiger partial charge in [0.05, 0.1) is 33.5 Å². The smallest absolute Gasteiger partial charge is 0.164 e. The summed E-state index contributed by atoms with van der Waals surface area (Å²) in [5, 5.41) is 4.46. The Bertz CT molecular complexity index is 6250. The molecule has 0 unspecified atom stereocenters. The highest BCUT2D eigenvalue weighted by atomic mass is 15.1. The highest BCUT2D eigenvalue weighted by Crippen LogP contribution is 2.41. The van der Waals surface area contributed by atoms with Crippen molar-refractivity contribution in [3.8, 4) is 136 Å². The van der Waals surface area contributed by atoms with Crippen LogP contribution in [0.5, 0.6) is 0 Å². The first-order chi connectivity index (χ1) is 51.6. The Morgan fingerprint density at radius 3 is 0.942 bits per heavy atom. The summed E-state index contributed by atoms with van der Waals surface area (Å²) in [6, 6.07) is 132. The van der Waals surface area contributed by atoms with Crippen molar-refractivity contribution in [3.63, 3.8) is 0 Å². The molecule has 0 spiro atoms. The molecular formula is C95H63N9. The van der Waals surface area contributed by atoms with E-state index in [0.717, 1.165) is 156 Å². The Morgan fingerprint density at radius 2 is 0.490 bits per heavy atom. The van der Waals surface area contributed by atoms with Crippen LogP contribution >= 0.6 is 0 Å². The standard InChI is InChI=1S/C50H33N5.C45H30N4/c1-4-15-34(16-5-1)38-19-14-20-39(33-38)48-52-47(36-17-6-2-7-18-36)53-49(54-48)44-32-31-41(42-23-10-11-24-43(42)44)35-27-29-37(30-28-35)50-51-45-25-12-13-26-46(45)55(50)40-21-8-3-9-22-40;1-4-14-32(15-5-1)41-30-42(33-16-6-2-7-17-33)47-44(46-41)39-29-28-36(37-20-10-11-21-38(37)39)31-24-26-34(27-25-31)45-48-40-22-12-13-23-43(40)49(45)35-18-8-3-9-19-35/h1-33H;1-30H. The Balaban J connectivity index is 0.000000149. The summed E-state index contributed by atoms with van der Waals surface area (Å²) in [7, 11) is 0. The predicted molar refractivity (Wildman–Crippen MR) is 426 cm³/mol. The molecule has 0 saturated carbocycles. The van der Waals surface area contributed by atoms with E-state index in [1.165, 1.54) is 0 Å². The van der Waals surface area contributed by atoms with Crippen molar-refractivity contribution in [2.45, 2.75) is 0 Å². The number of nitrogens with zero attached hydrogens (tertiary/aromatic N) is 9. The van der Waals surface area contributed by atoms with E-state index in [1.807, 2.05) is 97.1 Å². The van der Waals surface area contributed by atoms with Gasteiger partial charge in [0.15, 0.2) is 23.3 Å². The summed E-state index contributed by atoms with van der Waals surface area (Å²) in [4.78, 5) is 35.7. The van der Waals surface area contributed by atoms with Crippen LogP contribution in [0.25, 0.3) is 179 Å². The van der Waals surface area contributed by atoms with Gasteiger partial charge in [-0.25, -0.2) is 34.9 Å². The number of aromatic nitrogens is 9. The fraction of sp³-hybridized carbons (Fsp3) is 0. The van der Waals surface area contributed by atoms with Gasteiger partial charge in [0.2, 0.25) is 0 Å². The van der Waals surface area contributed by atoms with E-state index in [1.54, 1.807) is 0 Å². The van der Waals surface area contributed by atoms with E-state index in [2.05, 4.69) is 294 Å². The van der Waals surface area contributed by atoms with Crippen LogP contribution in [0.3, 0.4) is 0 Å². The number of hydrogen-bond donors (Lipinski definition) is 0. The van der Waals surface area contributed by atoms with Crippen LogP contribution in [0.2, 0.25) is 0 Å². The number of para-hydroxylation sites is 6. The molecule has 488 valence electrons. The van der Waals surface area contributed by atoms with Crippen LogP contribution in [0, 0.1) is 0 Å². The van der Waals surface area contributed by atoms with E-state index >= 15 is 0 Å². The van der Waals surface area contributed by atoms with Crippen molar-refractivity contribution in [2.24, 2.45) is 0 Å². The molecule has 0 saturated heterocycles. The molecule has 9 heteroatoms. The van der Waals surface area contributed by atoms with Gasteiger partial charge in [-0.05, 0) is 128 Å². The minimum atomic E-state index is 0.631. The maximum atomic E-state index is 5.15. The molecule has 0 aliphatic carbocycles. The number of benzene rings is 15. The molecule has 0 N–H and O–H groups in total. The van der Waals surface area contributed by atoms with E-state index < -0.39 is 0 Å². The van der Waals surface area contributed by atoms with Gasteiger partial charge in [-0.15, -0.1) is 0 Å². The second kappa shape index (κ2) is 27.5. The fourth-order valence-electron chi connectivity index (χ4n) is 14.1. The average molecular weight is 1330 g/mol. The summed E-state index contributed by atoms with van der Waals surface area (Å²) in [5.41, 5.74) is 22.9. The lowest BCUT2D eigenvalue weighted by Crippen LogP contribution is -2.01. The van der Waals surface area contributed by atoms with Crippen LogP contribution in [0.4, 0.5) is 0 Å². The van der Waals surface area contributed by atoms with Gasteiger partial charge in [0.25, 0.3) is 0 Å². The fourth-order valence-corrected chi connectivity index (χ4v) is 14.1. The molecule has 19 rings (SSSR count). The first kappa shape index (κ1) is 62.1. The summed E-state index contributed by atoms with van der Waals surface area (Å²) >= 11 is 0. The van der Waals surface area contributed by atoms with Crippen LogP contribution in [-0.4, -0.2) is 44.0 Å². The van der Waals surface area contributed by atoms with Crippen LogP contribution in [-0.2, 0) is 0 Å². The summed E-state index contributed by atoms with van der Waals surface area (Å²) < 4.78 is 4.47. The zero-order chi connectivity index (χ0) is 69.1. The predicted octanol–water partition coefficient (Wildman–Crippen LogP) is 23.7. The molecule has 4 aromatic heterocycles. The normalized spacial score (nSPS) is 11.3. The maximum Gasteiger partial charge on any atom is 0.164 e. The molecule has 0 fully saturated rings. The molecule has 0 radical (unpaired) electrons. The van der Waals surface area contributed by atoms with Crippen LogP contribution in [0.1, 0.15) is 0 Å². The summed E-state index contributed by atoms with van der Waals surface area (Å²) in [6.07, 6.45) is 0. The highest BCUT2D eigenvalue weighted by molar-refractivity contribution is 6.06. The molecule has 0 amide bonds. The Labute approximate surface area is 601 Å².